The zero-order valence-electron chi connectivity index (χ0n) is 25.8. The Labute approximate surface area is 268 Å². The summed E-state index contributed by atoms with van der Waals surface area (Å²) in [4.78, 5) is 18.7. The maximum absolute atomic E-state index is 13.5. The highest BCUT2D eigenvalue weighted by atomic mass is 35.5. The molecule has 43 heavy (non-hydrogen) atoms. The molecule has 1 aliphatic carbocycles. The number of piperazine rings is 1. The van der Waals surface area contributed by atoms with Gasteiger partial charge in [-0.25, -0.2) is 0 Å². The van der Waals surface area contributed by atoms with Crippen molar-refractivity contribution in [2.75, 3.05) is 32.7 Å². The van der Waals surface area contributed by atoms with Crippen molar-refractivity contribution >= 4 is 40.9 Å². The van der Waals surface area contributed by atoms with Crippen LogP contribution < -0.4 is 4.74 Å². The van der Waals surface area contributed by atoms with E-state index < -0.39 is 5.41 Å². The number of Topliss-reactive ketones (excluding diaryl/α,β-unsaturated/α-hetero) is 1. The lowest BCUT2D eigenvalue weighted by atomic mass is 9.69. The van der Waals surface area contributed by atoms with E-state index in [0.29, 0.717) is 29.3 Å². The van der Waals surface area contributed by atoms with Crippen LogP contribution in [0.15, 0.2) is 42.5 Å². The van der Waals surface area contributed by atoms with Crippen molar-refractivity contribution in [2.24, 2.45) is 0 Å². The third-order valence-corrected chi connectivity index (χ3v) is 9.93. The third-order valence-electron chi connectivity index (χ3n) is 9.19. The summed E-state index contributed by atoms with van der Waals surface area (Å²) >= 11 is 12.8. The van der Waals surface area contributed by atoms with Gasteiger partial charge < -0.3 is 20.5 Å². The number of carbonyl (C=O) groups is 1. The SMILES string of the molecule is CC(C)Oc1cccc(CC(=O)C(=N)C[C@](CCC=N)(CCN2CCN(C3CCCCC3)CC2)c2ccc(Cl)c(Cl)c2)c1. The second-order valence-electron chi connectivity index (χ2n) is 12.6. The van der Waals surface area contributed by atoms with Crippen LogP contribution >= 0.6 is 23.2 Å². The Morgan fingerprint density at radius 3 is 2.44 bits per heavy atom. The molecule has 1 saturated heterocycles. The third kappa shape index (κ3) is 9.62. The quantitative estimate of drug-likeness (QED) is 0.196. The molecular weight excluding hydrogens is 579 g/mol. The van der Waals surface area contributed by atoms with Crippen molar-refractivity contribution in [3.05, 3.63) is 63.6 Å². The molecule has 0 spiro atoms. The molecule has 0 amide bonds. The lowest BCUT2D eigenvalue weighted by Crippen LogP contribution is -2.51. The fourth-order valence-corrected chi connectivity index (χ4v) is 7.07. The van der Waals surface area contributed by atoms with Crippen LogP contribution in [0.4, 0.5) is 0 Å². The summed E-state index contributed by atoms with van der Waals surface area (Å²) in [6.07, 6.45) is 10.6. The highest BCUT2D eigenvalue weighted by molar-refractivity contribution is 6.42. The summed E-state index contributed by atoms with van der Waals surface area (Å²) in [7, 11) is 0. The second-order valence-corrected chi connectivity index (χ2v) is 13.5. The van der Waals surface area contributed by atoms with Crippen LogP contribution in [0.3, 0.4) is 0 Å². The van der Waals surface area contributed by atoms with E-state index in [1.807, 2.05) is 56.3 Å². The molecule has 1 saturated carbocycles. The average Bonchev–Trinajstić information content (AvgIpc) is 3.00. The van der Waals surface area contributed by atoms with E-state index in [-0.39, 0.29) is 24.0 Å². The molecule has 1 heterocycles. The molecule has 2 N–H and O–H groups in total. The number of rotatable bonds is 15. The van der Waals surface area contributed by atoms with E-state index in [9.17, 15) is 4.79 Å². The second kappa shape index (κ2) is 16.2. The van der Waals surface area contributed by atoms with Crippen LogP contribution in [0.5, 0.6) is 5.75 Å². The van der Waals surface area contributed by atoms with Crippen molar-refractivity contribution in [1.29, 1.82) is 10.8 Å². The highest BCUT2D eigenvalue weighted by Gasteiger charge is 2.36. The lowest BCUT2D eigenvalue weighted by Gasteiger charge is -2.42. The summed E-state index contributed by atoms with van der Waals surface area (Å²) in [5.74, 6) is 0.536. The van der Waals surface area contributed by atoms with E-state index in [4.69, 9.17) is 38.8 Å². The summed E-state index contributed by atoms with van der Waals surface area (Å²) in [6, 6.07) is 14.0. The average molecular weight is 628 g/mol. The first-order valence-corrected chi connectivity index (χ1v) is 16.7. The molecule has 2 aliphatic rings. The van der Waals surface area contributed by atoms with Crippen LogP contribution in [-0.2, 0) is 16.6 Å². The molecule has 0 bridgehead atoms. The Hall–Kier alpha value is -2.25. The van der Waals surface area contributed by atoms with Crippen molar-refractivity contribution in [1.82, 2.24) is 9.80 Å². The van der Waals surface area contributed by atoms with Gasteiger partial charge in [0.25, 0.3) is 0 Å². The molecule has 4 rings (SSSR count). The Bertz CT molecular complexity index is 1240. The van der Waals surface area contributed by atoms with Gasteiger partial charge in [-0.2, -0.15) is 0 Å². The van der Waals surface area contributed by atoms with Crippen molar-refractivity contribution in [2.45, 2.75) is 95.6 Å². The summed E-state index contributed by atoms with van der Waals surface area (Å²) < 4.78 is 5.81. The van der Waals surface area contributed by atoms with Gasteiger partial charge in [-0.1, -0.05) is 60.7 Å². The molecule has 8 heteroatoms. The Morgan fingerprint density at radius 1 is 1.02 bits per heavy atom. The minimum absolute atomic E-state index is 0.0418. The van der Waals surface area contributed by atoms with Crippen molar-refractivity contribution in [3.63, 3.8) is 0 Å². The van der Waals surface area contributed by atoms with Crippen molar-refractivity contribution in [3.8, 4) is 5.75 Å². The van der Waals surface area contributed by atoms with Gasteiger partial charge in [0.1, 0.15) is 5.75 Å². The first-order valence-electron chi connectivity index (χ1n) is 16.0. The van der Waals surface area contributed by atoms with Crippen LogP contribution in [0.2, 0.25) is 10.0 Å². The monoisotopic (exact) mass is 626 g/mol. The zero-order valence-corrected chi connectivity index (χ0v) is 27.4. The van der Waals surface area contributed by atoms with E-state index in [2.05, 4.69) is 9.80 Å². The predicted octanol–water partition coefficient (Wildman–Crippen LogP) is 8.01. The van der Waals surface area contributed by atoms with Gasteiger partial charge in [0.15, 0.2) is 5.78 Å². The number of nitrogens with zero attached hydrogens (tertiary/aromatic N) is 2. The largest absolute Gasteiger partial charge is 0.491 e. The summed E-state index contributed by atoms with van der Waals surface area (Å²) in [5, 5.41) is 17.8. The summed E-state index contributed by atoms with van der Waals surface area (Å²) in [6.45, 7) is 9.07. The van der Waals surface area contributed by atoms with Gasteiger partial charge >= 0.3 is 0 Å². The topological polar surface area (TPSA) is 80.5 Å². The Morgan fingerprint density at radius 2 is 1.77 bits per heavy atom. The number of halogens is 2. The standard InChI is InChI=1S/C35H48Cl2N4O2/c1-26(2)43-30-11-6-8-27(22-30)23-34(42)33(39)25-35(14-7-16-38,28-12-13-31(36)32(37)24-28)15-17-40-18-20-41(21-19-40)29-9-4-3-5-10-29/h6,8,11-13,16,22,24,26,29,38-39H,3-5,7,9-10,14-15,17-21,23,25H2,1-2H3/t35-/m0/s1. The number of carbonyl (C=O) groups excluding carboxylic acids is 1. The van der Waals surface area contributed by atoms with Crippen LogP contribution in [0.25, 0.3) is 0 Å². The molecular formula is C35H48Cl2N4O2. The van der Waals surface area contributed by atoms with Crippen LogP contribution in [0, 0.1) is 10.8 Å². The van der Waals surface area contributed by atoms with Crippen molar-refractivity contribution < 1.29 is 9.53 Å². The molecule has 2 aromatic rings. The highest BCUT2D eigenvalue weighted by Crippen LogP contribution is 2.40. The van der Waals surface area contributed by atoms with E-state index in [1.54, 1.807) is 0 Å². The zero-order chi connectivity index (χ0) is 30.8. The molecule has 0 radical (unpaired) electrons. The predicted molar refractivity (Wildman–Crippen MR) is 179 cm³/mol. The fourth-order valence-electron chi connectivity index (χ4n) is 6.77. The van der Waals surface area contributed by atoms with Gasteiger partial charge in [-0.3, -0.25) is 9.69 Å². The maximum atomic E-state index is 13.5. The molecule has 0 unspecified atom stereocenters. The number of hydrogen-bond acceptors (Lipinski definition) is 6. The number of ether oxygens (including phenoxy) is 1. The van der Waals surface area contributed by atoms with Crippen LogP contribution in [0.1, 0.15) is 82.8 Å². The van der Waals surface area contributed by atoms with E-state index in [0.717, 1.165) is 62.1 Å². The van der Waals surface area contributed by atoms with Gasteiger partial charge in [-0.05, 0) is 94.1 Å². The molecule has 234 valence electrons. The fraction of sp³-hybridized carbons (Fsp3) is 0.571. The number of benzene rings is 2. The van der Waals surface area contributed by atoms with Gasteiger partial charge in [0.05, 0.1) is 21.9 Å². The first-order chi connectivity index (χ1) is 20.7. The minimum atomic E-state index is -0.512. The molecule has 1 atom stereocenters. The smallest absolute Gasteiger partial charge is 0.180 e. The minimum Gasteiger partial charge on any atom is -0.491 e. The number of ketones is 1. The maximum Gasteiger partial charge on any atom is 0.180 e. The molecule has 2 aromatic carbocycles. The molecule has 6 nitrogen and oxygen atoms in total. The van der Waals surface area contributed by atoms with Gasteiger partial charge in [0.2, 0.25) is 0 Å². The summed E-state index contributed by atoms with van der Waals surface area (Å²) in [5.41, 5.74) is 1.41. The lowest BCUT2D eigenvalue weighted by molar-refractivity contribution is -0.112. The normalized spacial score (nSPS) is 18.3. The Kier molecular flexibility index (Phi) is 12.7. The van der Waals surface area contributed by atoms with Gasteiger partial charge in [-0.15, -0.1) is 0 Å². The van der Waals surface area contributed by atoms with Crippen LogP contribution in [-0.4, -0.2) is 72.4 Å². The molecule has 2 fully saturated rings. The molecule has 1 aliphatic heterocycles. The van der Waals surface area contributed by atoms with Gasteiger partial charge in [0, 0.05) is 50.5 Å². The number of nitrogens with one attached hydrogen (secondary N) is 2. The molecule has 0 aromatic heterocycles. The van der Waals surface area contributed by atoms with E-state index >= 15 is 0 Å². The Balaban J connectivity index is 1.50. The van der Waals surface area contributed by atoms with E-state index in [1.165, 1.54) is 38.3 Å². The first kappa shape index (κ1) is 33.6. The number of hydrogen-bond donors (Lipinski definition) is 2.